The molecule has 0 fully saturated rings. The van der Waals surface area contributed by atoms with Crippen LogP contribution in [0.3, 0.4) is 0 Å². The number of rotatable bonds is 6. The quantitative estimate of drug-likeness (QED) is 0.654. The van der Waals surface area contributed by atoms with Gasteiger partial charge in [0, 0.05) is 10.6 Å². The first kappa shape index (κ1) is 18.4. The van der Waals surface area contributed by atoms with Crippen LogP contribution in [0.15, 0.2) is 60.7 Å². The molecule has 0 aliphatic heterocycles. The van der Waals surface area contributed by atoms with Crippen LogP contribution in [-0.4, -0.2) is 10.8 Å². The number of benzene rings is 2. The molecule has 1 atom stereocenters. The average Bonchev–Trinajstić information content (AvgIpc) is 2.73. The standard InChI is InChI=1S/C25H25NO2/c1-3-14-25(4-2)16-22-20(15-19-12-8-9-13-21(19)26-22)23(24(25)27)28-17-18-10-6-5-7-11-18/h5-13,15-16H,3-4,14,17H2,1-2H3. The van der Waals surface area contributed by atoms with E-state index in [2.05, 4.69) is 19.9 Å². The molecule has 3 aromatic rings. The maximum absolute atomic E-state index is 13.6. The van der Waals surface area contributed by atoms with Gasteiger partial charge in [-0.25, -0.2) is 4.98 Å². The molecule has 0 bridgehead atoms. The van der Waals surface area contributed by atoms with Crippen molar-refractivity contribution in [3.05, 3.63) is 76.8 Å². The smallest absolute Gasteiger partial charge is 0.208 e. The third-order valence-electron chi connectivity index (χ3n) is 5.62. The fourth-order valence-electron chi connectivity index (χ4n) is 4.04. The number of carbonyl (C=O) groups is 1. The number of ketones is 1. The van der Waals surface area contributed by atoms with Gasteiger partial charge in [-0.2, -0.15) is 0 Å². The molecule has 1 aromatic heterocycles. The van der Waals surface area contributed by atoms with Gasteiger partial charge in [0.15, 0.2) is 5.76 Å². The molecule has 3 nitrogen and oxygen atoms in total. The molecule has 0 spiro atoms. The van der Waals surface area contributed by atoms with Crippen molar-refractivity contribution in [1.82, 2.24) is 4.98 Å². The van der Waals surface area contributed by atoms with Crippen LogP contribution < -0.4 is 10.6 Å². The Bertz CT molecular complexity index is 1130. The molecule has 1 unspecified atom stereocenters. The lowest BCUT2D eigenvalue weighted by Crippen LogP contribution is -2.45. The van der Waals surface area contributed by atoms with Crippen molar-refractivity contribution in [2.75, 3.05) is 0 Å². The topological polar surface area (TPSA) is 39.2 Å². The second-order valence-electron chi connectivity index (χ2n) is 7.45. The van der Waals surface area contributed by atoms with E-state index in [1.54, 1.807) is 0 Å². The summed E-state index contributed by atoms with van der Waals surface area (Å²) in [4.78, 5) is 18.4. The van der Waals surface area contributed by atoms with Crippen molar-refractivity contribution in [2.45, 2.75) is 39.7 Å². The number of fused-ring (bicyclic) bond motifs is 2. The molecule has 1 aliphatic carbocycles. The SMILES string of the molecule is CCCC1(CC)C=c2nc3ccccc3cc2=C(OCc2ccccc2)C1=O. The van der Waals surface area contributed by atoms with E-state index in [9.17, 15) is 4.79 Å². The zero-order valence-corrected chi connectivity index (χ0v) is 16.4. The largest absolute Gasteiger partial charge is 0.484 e. The van der Waals surface area contributed by atoms with Gasteiger partial charge in [-0.15, -0.1) is 0 Å². The van der Waals surface area contributed by atoms with Crippen LogP contribution in [0.1, 0.15) is 38.7 Å². The van der Waals surface area contributed by atoms with Crippen molar-refractivity contribution in [3.63, 3.8) is 0 Å². The lowest BCUT2D eigenvalue weighted by molar-refractivity contribution is -0.122. The number of hydrogen-bond acceptors (Lipinski definition) is 3. The molecule has 1 heterocycles. The van der Waals surface area contributed by atoms with Crippen LogP contribution in [0.4, 0.5) is 0 Å². The van der Waals surface area contributed by atoms with E-state index < -0.39 is 5.41 Å². The predicted octanol–water partition coefficient (Wildman–Crippen LogP) is 4.12. The van der Waals surface area contributed by atoms with E-state index in [0.29, 0.717) is 12.4 Å². The first-order valence-corrected chi connectivity index (χ1v) is 10.0. The zero-order chi connectivity index (χ0) is 19.6. The van der Waals surface area contributed by atoms with Crippen LogP contribution >= 0.6 is 0 Å². The van der Waals surface area contributed by atoms with Gasteiger partial charge in [0.05, 0.1) is 16.3 Å². The second kappa shape index (κ2) is 7.59. The highest BCUT2D eigenvalue weighted by Gasteiger charge is 2.39. The summed E-state index contributed by atoms with van der Waals surface area (Å²) in [7, 11) is 0. The van der Waals surface area contributed by atoms with Crippen LogP contribution in [0.25, 0.3) is 22.7 Å². The van der Waals surface area contributed by atoms with Gasteiger partial charge in [-0.05, 0) is 36.6 Å². The number of carbonyl (C=O) groups excluding carboxylic acids is 1. The van der Waals surface area contributed by atoms with Crippen molar-refractivity contribution in [1.29, 1.82) is 0 Å². The Balaban J connectivity index is 1.91. The number of hydrogen-bond donors (Lipinski definition) is 0. The Morgan fingerprint density at radius 1 is 1.00 bits per heavy atom. The minimum atomic E-state index is -0.538. The Hall–Kier alpha value is -2.94. The summed E-state index contributed by atoms with van der Waals surface area (Å²) in [5, 5.41) is 2.68. The van der Waals surface area contributed by atoms with Gasteiger partial charge in [-0.3, -0.25) is 4.79 Å². The van der Waals surface area contributed by atoms with Gasteiger partial charge in [0.1, 0.15) is 6.61 Å². The molecule has 142 valence electrons. The van der Waals surface area contributed by atoms with Gasteiger partial charge >= 0.3 is 0 Å². The first-order chi connectivity index (χ1) is 13.7. The van der Waals surface area contributed by atoms with E-state index >= 15 is 0 Å². The summed E-state index contributed by atoms with van der Waals surface area (Å²) in [5.41, 5.74) is 1.45. The summed E-state index contributed by atoms with van der Waals surface area (Å²) in [6, 6.07) is 20.0. The molecule has 0 saturated carbocycles. The molecule has 0 radical (unpaired) electrons. The molecule has 0 saturated heterocycles. The Labute approximate surface area is 165 Å². The van der Waals surface area contributed by atoms with Crippen molar-refractivity contribution in [3.8, 4) is 0 Å². The number of para-hydroxylation sites is 1. The van der Waals surface area contributed by atoms with Crippen molar-refractivity contribution in [2.24, 2.45) is 5.41 Å². The molecule has 28 heavy (non-hydrogen) atoms. The maximum Gasteiger partial charge on any atom is 0.208 e. The fraction of sp³-hybridized carbons (Fsp3) is 0.280. The number of Topliss-reactive ketones (excluding diaryl/α,β-unsaturated/α-hetero) is 1. The lowest BCUT2D eigenvalue weighted by Gasteiger charge is -2.31. The molecule has 4 rings (SSSR count). The summed E-state index contributed by atoms with van der Waals surface area (Å²) < 4.78 is 6.17. The highest BCUT2D eigenvalue weighted by Crippen LogP contribution is 2.36. The van der Waals surface area contributed by atoms with E-state index in [1.165, 1.54) is 0 Å². The predicted molar refractivity (Wildman–Crippen MR) is 113 cm³/mol. The Morgan fingerprint density at radius 2 is 1.75 bits per heavy atom. The molecule has 0 N–H and O–H groups in total. The third-order valence-corrected chi connectivity index (χ3v) is 5.62. The summed E-state index contributed by atoms with van der Waals surface area (Å²) >= 11 is 0. The highest BCUT2D eigenvalue weighted by molar-refractivity contribution is 6.18. The second-order valence-corrected chi connectivity index (χ2v) is 7.45. The first-order valence-electron chi connectivity index (χ1n) is 10.0. The summed E-state index contributed by atoms with van der Waals surface area (Å²) in [6.07, 6.45) is 4.56. The van der Waals surface area contributed by atoms with E-state index in [-0.39, 0.29) is 5.78 Å². The maximum atomic E-state index is 13.6. The van der Waals surface area contributed by atoms with Crippen LogP contribution in [-0.2, 0) is 16.1 Å². The Kier molecular flexibility index (Phi) is 4.99. The van der Waals surface area contributed by atoms with E-state index in [0.717, 1.165) is 46.3 Å². The van der Waals surface area contributed by atoms with E-state index in [4.69, 9.17) is 9.72 Å². The normalized spacial score (nSPS) is 18.6. The molecule has 1 aliphatic rings. The molecule has 2 aromatic carbocycles. The Morgan fingerprint density at radius 3 is 2.50 bits per heavy atom. The minimum absolute atomic E-state index is 0.0809. The van der Waals surface area contributed by atoms with Crippen LogP contribution in [0, 0.1) is 5.41 Å². The summed E-state index contributed by atoms with van der Waals surface area (Å²) in [5.74, 6) is 0.535. The monoisotopic (exact) mass is 371 g/mol. The summed E-state index contributed by atoms with van der Waals surface area (Å²) in [6.45, 7) is 4.57. The number of pyridine rings is 1. The fourth-order valence-corrected chi connectivity index (χ4v) is 4.04. The van der Waals surface area contributed by atoms with Gasteiger partial charge in [0.2, 0.25) is 5.78 Å². The van der Waals surface area contributed by atoms with Crippen molar-refractivity contribution >= 4 is 28.5 Å². The van der Waals surface area contributed by atoms with Gasteiger partial charge in [0.25, 0.3) is 0 Å². The molecule has 0 amide bonds. The molecule has 3 heteroatoms. The molecular weight excluding hydrogens is 346 g/mol. The van der Waals surface area contributed by atoms with Crippen LogP contribution in [0.2, 0.25) is 0 Å². The highest BCUT2D eigenvalue weighted by atomic mass is 16.5. The average molecular weight is 371 g/mol. The lowest BCUT2D eigenvalue weighted by atomic mass is 9.73. The number of ether oxygens (including phenoxy) is 1. The van der Waals surface area contributed by atoms with Crippen LogP contribution in [0.5, 0.6) is 0 Å². The number of aromatic nitrogens is 1. The molecular formula is C25H25NO2. The van der Waals surface area contributed by atoms with Gasteiger partial charge in [-0.1, -0.05) is 68.8 Å². The number of nitrogens with zero attached hydrogens (tertiary/aromatic N) is 1. The minimum Gasteiger partial charge on any atom is -0.484 e. The van der Waals surface area contributed by atoms with E-state index in [1.807, 2.05) is 60.7 Å². The van der Waals surface area contributed by atoms with Gasteiger partial charge < -0.3 is 4.74 Å². The zero-order valence-electron chi connectivity index (χ0n) is 16.4. The van der Waals surface area contributed by atoms with Crippen molar-refractivity contribution < 1.29 is 9.53 Å². The third kappa shape index (κ3) is 3.22.